The molecule has 1 aliphatic rings. The number of carbonyl (C=O) groups excluding carboxylic acids is 1. The molecule has 1 aliphatic heterocycles. The quantitative estimate of drug-likeness (QED) is 0.132. The van der Waals surface area contributed by atoms with E-state index in [0.29, 0.717) is 36.0 Å². The molecule has 9 nitrogen and oxygen atoms in total. The van der Waals surface area contributed by atoms with Gasteiger partial charge in [-0.15, -0.1) is 0 Å². The summed E-state index contributed by atoms with van der Waals surface area (Å²) in [6, 6.07) is 5.10. The summed E-state index contributed by atoms with van der Waals surface area (Å²) in [6.07, 6.45) is 1.84. The number of oxime groups is 1. The van der Waals surface area contributed by atoms with Gasteiger partial charge in [0, 0.05) is 28.8 Å². The maximum absolute atomic E-state index is 15.1. The molecule has 13 heteroatoms. The number of nitrogens with one attached hydrogen (secondary N) is 2. The van der Waals surface area contributed by atoms with Crippen LogP contribution in [-0.4, -0.2) is 72.8 Å². The van der Waals surface area contributed by atoms with Gasteiger partial charge in [0.15, 0.2) is 11.6 Å². The molecule has 1 heterocycles. The SMILES string of the molecule is O=C(NOCCN1CCC(O)CC1)c1cc(C=NOCCO)c(F)c(F)c1Nc1ccc(I)cc1F. The maximum atomic E-state index is 15.1. The van der Waals surface area contributed by atoms with Crippen molar-refractivity contribution in [3.8, 4) is 0 Å². The summed E-state index contributed by atoms with van der Waals surface area (Å²) in [5, 5.41) is 24.2. The molecule has 2 aromatic rings. The standard InChI is InChI=1S/C23H26F3IN4O5/c24-18-12-15(27)1-2-19(18)29-22-17(11-14(20(25)21(22)26)13-28-35-10-8-32)23(34)30-36-9-7-31-5-3-16(33)4-6-31/h1-2,11-13,16,29,32-33H,3-10H2,(H,30,34). The highest BCUT2D eigenvalue weighted by Gasteiger charge is 2.24. The van der Waals surface area contributed by atoms with E-state index in [1.54, 1.807) is 6.07 Å². The third-order valence-electron chi connectivity index (χ3n) is 5.35. The molecule has 0 atom stereocenters. The molecule has 0 bridgehead atoms. The predicted molar refractivity (Wildman–Crippen MR) is 134 cm³/mol. The van der Waals surface area contributed by atoms with E-state index in [0.717, 1.165) is 12.3 Å². The molecule has 0 saturated carbocycles. The molecule has 36 heavy (non-hydrogen) atoms. The minimum absolute atomic E-state index is 0.114. The van der Waals surface area contributed by atoms with Gasteiger partial charge in [-0.2, -0.15) is 0 Å². The van der Waals surface area contributed by atoms with Crippen molar-refractivity contribution in [2.75, 3.05) is 44.8 Å². The fourth-order valence-electron chi connectivity index (χ4n) is 3.44. The second-order valence-corrected chi connectivity index (χ2v) is 9.15. The molecular weight excluding hydrogens is 596 g/mol. The number of rotatable bonds is 11. The highest BCUT2D eigenvalue weighted by Crippen LogP contribution is 2.30. The smallest absolute Gasteiger partial charge is 0.277 e. The van der Waals surface area contributed by atoms with Gasteiger partial charge in [0.25, 0.3) is 5.91 Å². The average molecular weight is 622 g/mol. The monoisotopic (exact) mass is 622 g/mol. The van der Waals surface area contributed by atoms with Crippen LogP contribution in [0.25, 0.3) is 0 Å². The average Bonchev–Trinajstić information content (AvgIpc) is 2.86. The Labute approximate surface area is 219 Å². The minimum atomic E-state index is -1.43. The fraction of sp³-hybridized carbons (Fsp3) is 0.391. The van der Waals surface area contributed by atoms with E-state index < -0.39 is 34.6 Å². The van der Waals surface area contributed by atoms with Gasteiger partial charge in [-0.1, -0.05) is 5.16 Å². The largest absolute Gasteiger partial charge is 0.393 e. The number of piperidine rings is 1. The van der Waals surface area contributed by atoms with Crippen LogP contribution in [0.2, 0.25) is 0 Å². The van der Waals surface area contributed by atoms with Crippen molar-refractivity contribution in [2.24, 2.45) is 5.16 Å². The molecule has 3 rings (SSSR count). The lowest BCUT2D eigenvalue weighted by Crippen LogP contribution is -2.39. The van der Waals surface area contributed by atoms with Gasteiger partial charge in [-0.3, -0.25) is 9.63 Å². The van der Waals surface area contributed by atoms with Crippen molar-refractivity contribution in [1.29, 1.82) is 0 Å². The number of aliphatic hydroxyl groups is 2. The zero-order valence-electron chi connectivity index (χ0n) is 19.1. The Bertz CT molecular complexity index is 1080. The number of hydroxylamine groups is 1. The third-order valence-corrected chi connectivity index (χ3v) is 6.02. The molecule has 1 saturated heterocycles. The van der Waals surface area contributed by atoms with Gasteiger partial charge in [-0.05, 0) is 59.7 Å². The van der Waals surface area contributed by atoms with Crippen molar-refractivity contribution < 1.29 is 37.9 Å². The van der Waals surface area contributed by atoms with Crippen LogP contribution in [0.4, 0.5) is 24.5 Å². The van der Waals surface area contributed by atoms with Gasteiger partial charge < -0.3 is 25.3 Å². The first-order valence-corrected chi connectivity index (χ1v) is 12.2. The number of carbonyl (C=O) groups is 1. The first kappa shape index (κ1) is 28.1. The second kappa shape index (κ2) is 13.7. The maximum Gasteiger partial charge on any atom is 0.277 e. The van der Waals surface area contributed by atoms with Gasteiger partial charge in [0.05, 0.1) is 42.5 Å². The van der Waals surface area contributed by atoms with Crippen LogP contribution in [0, 0.1) is 21.0 Å². The number of anilines is 2. The second-order valence-electron chi connectivity index (χ2n) is 7.91. The number of hydrogen-bond donors (Lipinski definition) is 4. The van der Waals surface area contributed by atoms with Crippen LogP contribution in [-0.2, 0) is 9.68 Å². The van der Waals surface area contributed by atoms with E-state index >= 15 is 4.39 Å². The third kappa shape index (κ3) is 7.77. The Morgan fingerprint density at radius 1 is 1.19 bits per heavy atom. The fourth-order valence-corrected chi connectivity index (χ4v) is 3.90. The van der Waals surface area contributed by atoms with Crippen LogP contribution in [0.15, 0.2) is 29.4 Å². The van der Waals surface area contributed by atoms with Gasteiger partial charge >= 0.3 is 0 Å². The first-order chi connectivity index (χ1) is 17.3. The molecule has 2 aromatic carbocycles. The van der Waals surface area contributed by atoms with Crippen molar-refractivity contribution >= 4 is 46.1 Å². The molecule has 0 aliphatic carbocycles. The van der Waals surface area contributed by atoms with Gasteiger partial charge in [-0.25, -0.2) is 18.7 Å². The zero-order valence-corrected chi connectivity index (χ0v) is 21.3. The van der Waals surface area contributed by atoms with Crippen LogP contribution in [0.3, 0.4) is 0 Å². The molecule has 1 fully saturated rings. The first-order valence-electron chi connectivity index (χ1n) is 11.1. The zero-order chi connectivity index (χ0) is 26.1. The van der Waals surface area contributed by atoms with Crippen molar-refractivity contribution in [1.82, 2.24) is 10.4 Å². The summed E-state index contributed by atoms with van der Waals surface area (Å²) in [5.41, 5.74) is 0.675. The number of benzene rings is 2. The van der Waals surface area contributed by atoms with E-state index in [-0.39, 0.29) is 37.2 Å². The Hall–Kier alpha value is -2.46. The van der Waals surface area contributed by atoms with E-state index in [1.807, 2.05) is 22.6 Å². The number of likely N-dealkylation sites (tertiary alicyclic amines) is 1. The number of nitrogens with zero attached hydrogens (tertiary/aromatic N) is 2. The van der Waals surface area contributed by atoms with Crippen LogP contribution in [0.5, 0.6) is 0 Å². The normalized spacial score (nSPS) is 14.8. The number of hydrogen-bond acceptors (Lipinski definition) is 8. The van der Waals surface area contributed by atoms with Crippen molar-refractivity contribution in [3.63, 3.8) is 0 Å². The van der Waals surface area contributed by atoms with Gasteiger partial charge in [0.2, 0.25) is 0 Å². The predicted octanol–water partition coefficient (Wildman–Crippen LogP) is 2.91. The van der Waals surface area contributed by atoms with Crippen molar-refractivity contribution in [3.05, 3.63) is 56.4 Å². The van der Waals surface area contributed by atoms with E-state index in [1.165, 1.54) is 12.1 Å². The minimum Gasteiger partial charge on any atom is -0.393 e. The summed E-state index contributed by atoms with van der Waals surface area (Å²) in [5.74, 6) is -4.40. The van der Waals surface area contributed by atoms with Crippen LogP contribution >= 0.6 is 22.6 Å². The Morgan fingerprint density at radius 2 is 1.94 bits per heavy atom. The number of halogens is 4. The molecule has 0 unspecified atom stereocenters. The lowest BCUT2D eigenvalue weighted by Gasteiger charge is -2.29. The highest BCUT2D eigenvalue weighted by molar-refractivity contribution is 14.1. The Balaban J connectivity index is 1.79. The summed E-state index contributed by atoms with van der Waals surface area (Å²) in [6.45, 7) is 1.50. The number of amides is 1. The lowest BCUT2D eigenvalue weighted by molar-refractivity contribution is 0.0132. The molecule has 0 aromatic heterocycles. The van der Waals surface area contributed by atoms with Crippen LogP contribution in [0.1, 0.15) is 28.8 Å². The lowest BCUT2D eigenvalue weighted by atomic mass is 10.1. The van der Waals surface area contributed by atoms with Crippen LogP contribution < -0.4 is 10.8 Å². The molecule has 0 spiro atoms. The summed E-state index contributed by atoms with van der Waals surface area (Å²) >= 11 is 1.90. The number of aliphatic hydroxyl groups excluding tert-OH is 2. The summed E-state index contributed by atoms with van der Waals surface area (Å²) in [4.78, 5) is 24.9. The topological polar surface area (TPSA) is 116 Å². The van der Waals surface area contributed by atoms with E-state index in [2.05, 4.69) is 20.9 Å². The van der Waals surface area contributed by atoms with Gasteiger partial charge in [0.1, 0.15) is 12.4 Å². The summed E-state index contributed by atoms with van der Waals surface area (Å²) in [7, 11) is 0. The molecule has 0 radical (unpaired) electrons. The van der Waals surface area contributed by atoms with Crippen molar-refractivity contribution in [2.45, 2.75) is 18.9 Å². The van der Waals surface area contributed by atoms with E-state index in [4.69, 9.17) is 14.8 Å². The molecule has 1 amide bonds. The highest BCUT2D eigenvalue weighted by atomic mass is 127. The molecular formula is C23H26F3IN4O5. The molecule has 196 valence electrons. The van der Waals surface area contributed by atoms with E-state index in [9.17, 15) is 18.7 Å². The summed E-state index contributed by atoms with van der Waals surface area (Å²) < 4.78 is 44.8. The Kier molecular flexibility index (Phi) is 10.7. The molecule has 4 N–H and O–H groups in total. The Morgan fingerprint density at radius 3 is 2.64 bits per heavy atom.